The van der Waals surface area contributed by atoms with Crippen molar-refractivity contribution in [2.45, 2.75) is 19.8 Å². The summed E-state index contributed by atoms with van der Waals surface area (Å²) < 4.78 is 1.58. The smallest absolute Gasteiger partial charge is 0.335 e. The largest absolute Gasteiger partial charge is 0.478 e. The first-order valence-electron chi connectivity index (χ1n) is 5.85. The van der Waals surface area contributed by atoms with Gasteiger partial charge in [0.15, 0.2) is 5.69 Å². The summed E-state index contributed by atoms with van der Waals surface area (Å²) in [6, 6.07) is 8.32. The van der Waals surface area contributed by atoms with E-state index in [0.717, 1.165) is 12.1 Å². The average molecular weight is 256 g/mol. The van der Waals surface area contributed by atoms with Gasteiger partial charge in [-0.1, -0.05) is 18.6 Å². The van der Waals surface area contributed by atoms with Gasteiger partial charge in [0, 0.05) is 0 Å². The molecule has 2 aromatic rings. The molecule has 1 N–H and O–H groups in total. The van der Waals surface area contributed by atoms with Crippen molar-refractivity contribution in [3.8, 4) is 11.8 Å². The second kappa shape index (κ2) is 5.31. The summed E-state index contributed by atoms with van der Waals surface area (Å²) in [5, 5.41) is 25.6. The van der Waals surface area contributed by atoms with Crippen molar-refractivity contribution in [2.75, 3.05) is 0 Å². The minimum absolute atomic E-state index is 0.210. The van der Waals surface area contributed by atoms with E-state index in [4.69, 9.17) is 10.4 Å². The van der Waals surface area contributed by atoms with Gasteiger partial charge in [-0.05, 0) is 30.7 Å². The molecule has 19 heavy (non-hydrogen) atoms. The van der Waals surface area contributed by atoms with Crippen molar-refractivity contribution in [2.24, 2.45) is 0 Å². The van der Waals surface area contributed by atoms with Crippen LogP contribution in [-0.4, -0.2) is 26.1 Å². The number of carbonyl (C=O) groups is 1. The molecule has 0 bridgehead atoms. The molecule has 0 aliphatic carbocycles. The summed E-state index contributed by atoms with van der Waals surface area (Å²) in [4.78, 5) is 10.8. The predicted molar refractivity (Wildman–Crippen MR) is 67.0 cm³/mol. The Morgan fingerprint density at radius 1 is 1.42 bits per heavy atom. The fourth-order valence-electron chi connectivity index (χ4n) is 1.80. The zero-order valence-corrected chi connectivity index (χ0v) is 10.4. The molecule has 1 aromatic carbocycles. The Hall–Kier alpha value is -2.68. The molecule has 0 spiro atoms. The Kier molecular flexibility index (Phi) is 3.57. The van der Waals surface area contributed by atoms with Crippen LogP contribution in [0.2, 0.25) is 0 Å². The molecule has 6 heteroatoms. The first kappa shape index (κ1) is 12.8. The SMILES string of the molecule is CCCc1c(C#N)nnn1-c1ccc(C(=O)O)cc1. The van der Waals surface area contributed by atoms with E-state index in [1.165, 1.54) is 12.1 Å². The molecule has 2 rings (SSSR count). The van der Waals surface area contributed by atoms with Gasteiger partial charge in [0.2, 0.25) is 0 Å². The third kappa shape index (κ3) is 2.45. The minimum Gasteiger partial charge on any atom is -0.478 e. The van der Waals surface area contributed by atoms with E-state index in [1.54, 1.807) is 16.8 Å². The second-order valence-corrected chi connectivity index (χ2v) is 4.01. The van der Waals surface area contributed by atoms with Gasteiger partial charge in [-0.25, -0.2) is 9.48 Å². The van der Waals surface area contributed by atoms with Gasteiger partial charge in [-0.15, -0.1) is 5.10 Å². The maximum atomic E-state index is 10.8. The van der Waals surface area contributed by atoms with Crippen molar-refractivity contribution in [3.63, 3.8) is 0 Å². The Morgan fingerprint density at radius 2 is 2.11 bits per heavy atom. The lowest BCUT2D eigenvalue weighted by molar-refractivity contribution is 0.0697. The van der Waals surface area contributed by atoms with Crippen LogP contribution >= 0.6 is 0 Å². The topological polar surface area (TPSA) is 91.8 Å². The number of hydrogen-bond acceptors (Lipinski definition) is 4. The van der Waals surface area contributed by atoms with Gasteiger partial charge in [0.25, 0.3) is 0 Å². The molecule has 0 unspecified atom stereocenters. The van der Waals surface area contributed by atoms with E-state index in [0.29, 0.717) is 17.8 Å². The highest BCUT2D eigenvalue weighted by molar-refractivity contribution is 5.87. The fraction of sp³-hybridized carbons (Fsp3) is 0.231. The summed E-state index contributed by atoms with van der Waals surface area (Å²) in [7, 11) is 0. The predicted octanol–water partition coefficient (Wildman–Crippen LogP) is 1.79. The fourth-order valence-corrected chi connectivity index (χ4v) is 1.80. The number of carboxylic acids is 1. The van der Waals surface area contributed by atoms with Crippen LogP contribution in [0, 0.1) is 11.3 Å². The van der Waals surface area contributed by atoms with Gasteiger partial charge in [0.05, 0.1) is 16.9 Å². The Balaban J connectivity index is 2.44. The third-order valence-electron chi connectivity index (χ3n) is 2.71. The van der Waals surface area contributed by atoms with Gasteiger partial charge >= 0.3 is 5.97 Å². The lowest BCUT2D eigenvalue weighted by Gasteiger charge is -2.05. The van der Waals surface area contributed by atoms with Gasteiger partial charge in [-0.3, -0.25) is 0 Å². The van der Waals surface area contributed by atoms with Crippen LogP contribution in [0.4, 0.5) is 0 Å². The van der Waals surface area contributed by atoms with Crippen molar-refractivity contribution in [1.82, 2.24) is 15.0 Å². The average Bonchev–Trinajstić information content (AvgIpc) is 2.82. The molecule has 96 valence electrons. The summed E-state index contributed by atoms with van der Waals surface area (Å²) in [5.74, 6) is -0.975. The molecule has 0 saturated heterocycles. The number of carboxylic acid groups (broad SMARTS) is 1. The van der Waals surface area contributed by atoms with E-state index in [-0.39, 0.29) is 5.56 Å². The summed E-state index contributed by atoms with van der Waals surface area (Å²) in [6.45, 7) is 2.01. The number of nitrogens with zero attached hydrogens (tertiary/aromatic N) is 4. The van der Waals surface area contributed by atoms with Gasteiger partial charge in [-0.2, -0.15) is 5.26 Å². The van der Waals surface area contributed by atoms with Crippen LogP contribution in [0.3, 0.4) is 0 Å². The highest BCUT2D eigenvalue weighted by Gasteiger charge is 2.13. The van der Waals surface area contributed by atoms with Crippen molar-refractivity contribution in [3.05, 3.63) is 41.2 Å². The molecule has 1 heterocycles. The standard InChI is InChI=1S/C13H12N4O2/c1-2-3-12-11(8-14)15-16-17(12)10-6-4-9(5-7-10)13(18)19/h4-7H,2-3H2,1H3,(H,18,19). The number of hydrogen-bond donors (Lipinski definition) is 1. The van der Waals surface area contributed by atoms with E-state index < -0.39 is 5.97 Å². The van der Waals surface area contributed by atoms with E-state index >= 15 is 0 Å². The first-order chi connectivity index (χ1) is 9.17. The molecular weight excluding hydrogens is 244 g/mol. The van der Waals surface area contributed by atoms with E-state index in [2.05, 4.69) is 10.3 Å². The van der Waals surface area contributed by atoms with Crippen molar-refractivity contribution in [1.29, 1.82) is 5.26 Å². The summed E-state index contributed by atoms with van der Waals surface area (Å²) >= 11 is 0. The number of nitriles is 1. The zero-order chi connectivity index (χ0) is 13.8. The highest BCUT2D eigenvalue weighted by atomic mass is 16.4. The van der Waals surface area contributed by atoms with Crippen molar-refractivity contribution < 1.29 is 9.90 Å². The molecule has 0 amide bonds. The zero-order valence-electron chi connectivity index (χ0n) is 10.4. The maximum absolute atomic E-state index is 10.8. The van der Waals surface area contributed by atoms with Crippen LogP contribution in [0.25, 0.3) is 5.69 Å². The highest BCUT2D eigenvalue weighted by Crippen LogP contribution is 2.15. The number of aromatic nitrogens is 3. The number of aromatic carboxylic acids is 1. The molecule has 0 atom stereocenters. The molecule has 0 aliphatic rings. The van der Waals surface area contributed by atoms with Crippen LogP contribution in [0.1, 0.15) is 35.1 Å². The Bertz CT molecular complexity index is 638. The number of benzene rings is 1. The molecule has 1 aromatic heterocycles. The van der Waals surface area contributed by atoms with Crippen LogP contribution < -0.4 is 0 Å². The Labute approximate surface area is 109 Å². The molecule has 0 saturated carbocycles. The Morgan fingerprint density at radius 3 is 2.63 bits per heavy atom. The van der Waals surface area contributed by atoms with E-state index in [9.17, 15) is 4.79 Å². The van der Waals surface area contributed by atoms with Gasteiger partial charge in [0.1, 0.15) is 6.07 Å². The monoisotopic (exact) mass is 256 g/mol. The van der Waals surface area contributed by atoms with Crippen molar-refractivity contribution >= 4 is 5.97 Å². The minimum atomic E-state index is -0.975. The molecule has 0 radical (unpaired) electrons. The van der Waals surface area contributed by atoms with Crippen LogP contribution in [0.15, 0.2) is 24.3 Å². The summed E-state index contributed by atoms with van der Waals surface area (Å²) in [5.41, 5.74) is 1.96. The second-order valence-electron chi connectivity index (χ2n) is 4.01. The number of rotatable bonds is 4. The first-order valence-corrected chi connectivity index (χ1v) is 5.85. The third-order valence-corrected chi connectivity index (χ3v) is 2.71. The van der Waals surface area contributed by atoms with Crippen LogP contribution in [-0.2, 0) is 6.42 Å². The van der Waals surface area contributed by atoms with Crippen LogP contribution in [0.5, 0.6) is 0 Å². The molecule has 0 fully saturated rings. The van der Waals surface area contributed by atoms with E-state index in [1.807, 2.05) is 13.0 Å². The molecule has 0 aliphatic heterocycles. The lowest BCUT2D eigenvalue weighted by atomic mass is 10.2. The normalized spacial score (nSPS) is 10.1. The molecular formula is C13H12N4O2. The van der Waals surface area contributed by atoms with Gasteiger partial charge < -0.3 is 5.11 Å². The lowest BCUT2D eigenvalue weighted by Crippen LogP contribution is -2.04. The molecule has 6 nitrogen and oxygen atoms in total. The quantitative estimate of drug-likeness (QED) is 0.900. The maximum Gasteiger partial charge on any atom is 0.335 e. The summed E-state index contributed by atoms with van der Waals surface area (Å²) in [6.07, 6.45) is 1.56.